The summed E-state index contributed by atoms with van der Waals surface area (Å²) < 4.78 is 2.98. The zero-order chi connectivity index (χ0) is 34.6. The minimum Gasteiger partial charge on any atom is -0.506 e. The molecule has 0 unspecified atom stereocenters. The number of hydrogen-bond acceptors (Lipinski definition) is 16. The van der Waals surface area contributed by atoms with Crippen LogP contribution in [0, 0.1) is 20.2 Å². The second kappa shape index (κ2) is 14.5. The molecule has 4 N–H and O–H groups in total. The number of benzene rings is 2. The number of nitro groups is 2. The second-order valence-corrected chi connectivity index (χ2v) is 9.02. The molecule has 0 amide bonds. The number of rotatable bonds is 6. The number of non-ortho nitro benzene ring substituents is 2. The Morgan fingerprint density at radius 2 is 0.894 bits per heavy atom. The molecule has 23 heteroatoms. The van der Waals surface area contributed by atoms with E-state index in [1.165, 1.54) is 28.2 Å². The van der Waals surface area contributed by atoms with Crippen molar-refractivity contribution in [2.75, 3.05) is 0 Å². The number of phenolic OH excluding ortho intramolecular Hbond substituents is 2. The largest absolute Gasteiger partial charge is 0.506 e. The van der Waals surface area contributed by atoms with Crippen LogP contribution in [-0.4, -0.2) is 48.5 Å². The van der Waals surface area contributed by atoms with Crippen LogP contribution in [-0.2, 0) is 45.0 Å². The number of hydrogen-bond donors (Lipinski definition) is 4. The van der Waals surface area contributed by atoms with E-state index in [1.807, 2.05) is 0 Å². The zero-order valence-electron chi connectivity index (χ0n) is 24.3. The maximum Gasteiger partial charge on any atom is 0.333 e. The Kier molecular flexibility index (Phi) is 11.3. The van der Waals surface area contributed by atoms with Crippen LogP contribution in [0.3, 0.4) is 0 Å². The molecule has 0 saturated carbocycles. The Hall–Kier alpha value is -6.49. The van der Waals surface area contributed by atoms with Crippen LogP contribution in [0.2, 0.25) is 0 Å². The fraction of sp³-hybridized carbons (Fsp3) is 0.167. The average molecular weight is 701 g/mol. The first-order valence-corrected chi connectivity index (χ1v) is 12.2. The molecule has 0 aliphatic rings. The van der Waals surface area contributed by atoms with E-state index in [0.717, 1.165) is 45.5 Å². The van der Waals surface area contributed by atoms with Gasteiger partial charge in [0.05, 0.1) is 9.85 Å². The molecule has 0 bridgehead atoms. The van der Waals surface area contributed by atoms with E-state index in [0.29, 0.717) is 9.13 Å². The van der Waals surface area contributed by atoms with E-state index in [9.17, 15) is 59.8 Å². The molecule has 4 rings (SSSR count). The number of azo groups is 2. The van der Waals surface area contributed by atoms with Crippen molar-refractivity contribution in [3.8, 4) is 23.3 Å². The quantitative estimate of drug-likeness (QED) is 0.127. The number of phenols is 2. The normalized spacial score (nSPS) is 10.8. The van der Waals surface area contributed by atoms with E-state index in [-0.39, 0.29) is 39.5 Å². The molecule has 2 aromatic carbocycles. The third-order valence-electron chi connectivity index (χ3n) is 6.08. The molecule has 4 aromatic rings. The van der Waals surface area contributed by atoms with Crippen LogP contribution in [0.15, 0.2) is 76.0 Å². The molecule has 0 aliphatic heterocycles. The molecule has 1 radical (unpaired) electrons. The zero-order valence-corrected chi connectivity index (χ0v) is 25.4. The Bertz CT molecular complexity index is 2050. The van der Waals surface area contributed by atoms with E-state index in [1.54, 1.807) is 0 Å². The summed E-state index contributed by atoms with van der Waals surface area (Å²) in [4.78, 5) is 67.0. The molecule has 249 valence electrons. The third-order valence-corrected chi connectivity index (χ3v) is 6.08. The Morgan fingerprint density at radius 1 is 0.574 bits per heavy atom. The molecule has 0 aliphatic carbocycles. The van der Waals surface area contributed by atoms with Gasteiger partial charge in [0.25, 0.3) is 22.5 Å². The second-order valence-electron chi connectivity index (χ2n) is 9.02. The van der Waals surface area contributed by atoms with Crippen LogP contribution in [0.5, 0.6) is 23.3 Å². The van der Waals surface area contributed by atoms with Crippen LogP contribution < -0.4 is 22.5 Å². The van der Waals surface area contributed by atoms with Gasteiger partial charge >= 0.3 is 11.4 Å². The van der Waals surface area contributed by atoms with Crippen molar-refractivity contribution in [3.05, 3.63) is 98.3 Å². The molecule has 0 saturated heterocycles. The fourth-order valence-electron chi connectivity index (χ4n) is 3.43. The summed E-state index contributed by atoms with van der Waals surface area (Å²) in [6.45, 7) is 0. The van der Waals surface area contributed by atoms with Gasteiger partial charge in [-0.05, 0) is 12.1 Å². The SMILES string of the molecule is Cn1c(O)c(N=Nc2cc([N+](=O)[O-])ccc2O)c(=O)n(C)c1=O.Cn1c(O)c(N=Nc2cc([N+](=O)[O-])ccc2O)c(=O)n(C)c1=O.[Co]. The number of aromatic hydroxyl groups is 4. The molecule has 0 fully saturated rings. The van der Waals surface area contributed by atoms with Crippen LogP contribution in [0.25, 0.3) is 0 Å². The first kappa shape index (κ1) is 36.7. The van der Waals surface area contributed by atoms with Gasteiger partial charge in [-0.25, -0.2) is 9.59 Å². The summed E-state index contributed by atoms with van der Waals surface area (Å²) in [5.74, 6) is -2.24. The van der Waals surface area contributed by atoms with Gasteiger partial charge in [-0.3, -0.25) is 48.1 Å². The Balaban J connectivity index is 0.000000320. The molecule has 0 spiro atoms. The molecule has 2 aromatic heterocycles. The maximum atomic E-state index is 11.9. The Labute approximate surface area is 269 Å². The third kappa shape index (κ3) is 7.60. The van der Waals surface area contributed by atoms with Gasteiger partial charge in [0.2, 0.25) is 23.1 Å². The summed E-state index contributed by atoms with van der Waals surface area (Å²) in [7, 11) is 4.82. The fourth-order valence-corrected chi connectivity index (χ4v) is 3.43. The van der Waals surface area contributed by atoms with E-state index >= 15 is 0 Å². The Morgan fingerprint density at radius 3 is 1.19 bits per heavy atom. The number of nitrogens with zero attached hydrogens (tertiary/aromatic N) is 10. The molecular weight excluding hydrogens is 679 g/mol. The summed E-state index contributed by atoms with van der Waals surface area (Å²) in [6.07, 6.45) is 0. The van der Waals surface area contributed by atoms with Gasteiger partial charge in [0.15, 0.2) is 0 Å². The van der Waals surface area contributed by atoms with Gasteiger partial charge in [-0.2, -0.15) is 0 Å². The predicted octanol–water partition coefficient (Wildman–Crippen LogP) is 1.64. The standard InChI is InChI=1S/2C12H11N5O6.Co/c2*1-15-10(19)9(11(20)16(2)12(15)21)14-13-7-5-6(17(22)23)3-4-8(7)18;/h2*3-5,18-19H,1-2H3;. The molecular formula is C24H22CoN10O12. The van der Waals surface area contributed by atoms with Crippen molar-refractivity contribution in [2.24, 2.45) is 48.6 Å². The van der Waals surface area contributed by atoms with Gasteiger partial charge in [0, 0.05) is 69.2 Å². The van der Waals surface area contributed by atoms with E-state index in [4.69, 9.17) is 0 Å². The predicted molar refractivity (Wildman–Crippen MR) is 155 cm³/mol. The summed E-state index contributed by atoms with van der Waals surface area (Å²) in [5, 5.41) is 74.3. The molecule has 22 nitrogen and oxygen atoms in total. The topological polar surface area (TPSA) is 305 Å². The van der Waals surface area contributed by atoms with Crippen LogP contribution in [0.4, 0.5) is 34.1 Å². The molecule has 2 heterocycles. The van der Waals surface area contributed by atoms with Gasteiger partial charge < -0.3 is 20.4 Å². The minimum absolute atomic E-state index is 0. The van der Waals surface area contributed by atoms with E-state index < -0.39 is 67.0 Å². The van der Waals surface area contributed by atoms with Crippen LogP contribution in [0.1, 0.15) is 0 Å². The first-order valence-electron chi connectivity index (χ1n) is 12.2. The van der Waals surface area contributed by atoms with Gasteiger partial charge in [-0.1, -0.05) is 0 Å². The van der Waals surface area contributed by atoms with Crippen molar-refractivity contribution in [1.82, 2.24) is 18.3 Å². The van der Waals surface area contributed by atoms with Crippen molar-refractivity contribution in [3.63, 3.8) is 0 Å². The monoisotopic (exact) mass is 701 g/mol. The number of nitro benzene ring substituents is 2. The molecule has 47 heavy (non-hydrogen) atoms. The molecule has 0 atom stereocenters. The van der Waals surface area contributed by atoms with Gasteiger partial charge in [-0.15, -0.1) is 20.5 Å². The minimum atomic E-state index is -0.903. The summed E-state index contributed by atoms with van der Waals surface area (Å²) in [6, 6.07) is 6.12. The van der Waals surface area contributed by atoms with Crippen molar-refractivity contribution in [2.45, 2.75) is 0 Å². The van der Waals surface area contributed by atoms with E-state index in [2.05, 4.69) is 20.5 Å². The van der Waals surface area contributed by atoms with Crippen molar-refractivity contribution < 1.29 is 47.1 Å². The smallest absolute Gasteiger partial charge is 0.333 e. The van der Waals surface area contributed by atoms with Crippen molar-refractivity contribution in [1.29, 1.82) is 0 Å². The summed E-state index contributed by atoms with van der Waals surface area (Å²) in [5.41, 5.74) is -5.62. The maximum absolute atomic E-state index is 11.9. The number of aromatic nitrogens is 4. The van der Waals surface area contributed by atoms with Crippen LogP contribution >= 0.6 is 0 Å². The first-order chi connectivity index (χ1) is 21.5. The van der Waals surface area contributed by atoms with Crippen molar-refractivity contribution >= 4 is 34.1 Å². The van der Waals surface area contributed by atoms with Gasteiger partial charge in [0.1, 0.15) is 22.9 Å². The average Bonchev–Trinajstić information content (AvgIpc) is 3.02. The summed E-state index contributed by atoms with van der Waals surface area (Å²) >= 11 is 0.